The summed E-state index contributed by atoms with van der Waals surface area (Å²) >= 11 is 6.25. The molecule has 1 heterocycles. The second kappa shape index (κ2) is 9.72. The number of carboxylic acid groups (broad SMARTS) is 1. The van der Waals surface area contributed by atoms with E-state index in [-0.39, 0.29) is 11.4 Å². The standard InChI is InChI=1S/C27H20ClFN2O2/c28-23-9-12-25-22(14-21(16-30)19-5-7-20(8-6-19)27(32)33)17-31(26(25)15-23)13-1-2-18-3-10-24(29)11-4-18/h3-12,14-15,17H,1-2,13H2,(H,32,33)/b21-14+. The van der Waals surface area contributed by atoms with Gasteiger partial charge in [-0.2, -0.15) is 5.26 Å². The number of allylic oxidation sites excluding steroid dienone is 1. The quantitative estimate of drug-likeness (QED) is 0.309. The minimum atomic E-state index is -1.01. The third-order valence-electron chi connectivity index (χ3n) is 5.52. The van der Waals surface area contributed by atoms with Crippen LogP contribution in [0.5, 0.6) is 0 Å². The number of aryl methyl sites for hydroxylation is 2. The summed E-state index contributed by atoms with van der Waals surface area (Å²) in [4.78, 5) is 11.1. The van der Waals surface area contributed by atoms with Gasteiger partial charge in [0.25, 0.3) is 0 Å². The largest absolute Gasteiger partial charge is 0.478 e. The van der Waals surface area contributed by atoms with Crippen molar-refractivity contribution in [3.05, 3.63) is 106 Å². The molecule has 6 heteroatoms. The number of hydrogen-bond donors (Lipinski definition) is 1. The summed E-state index contributed by atoms with van der Waals surface area (Å²) in [6.07, 6.45) is 5.47. The molecule has 0 aliphatic carbocycles. The molecule has 1 aromatic heterocycles. The molecule has 33 heavy (non-hydrogen) atoms. The summed E-state index contributed by atoms with van der Waals surface area (Å²) in [6.45, 7) is 0.733. The Bertz CT molecular complexity index is 1380. The molecule has 4 aromatic rings. The topological polar surface area (TPSA) is 66.0 Å². The number of aromatic carboxylic acids is 1. The molecular weight excluding hydrogens is 439 g/mol. The highest BCUT2D eigenvalue weighted by molar-refractivity contribution is 6.31. The normalized spacial score (nSPS) is 11.5. The highest BCUT2D eigenvalue weighted by Crippen LogP contribution is 2.29. The van der Waals surface area contributed by atoms with Crippen molar-refractivity contribution in [3.63, 3.8) is 0 Å². The second-order valence-electron chi connectivity index (χ2n) is 7.72. The van der Waals surface area contributed by atoms with Gasteiger partial charge in [0.15, 0.2) is 0 Å². The van der Waals surface area contributed by atoms with Crippen molar-refractivity contribution in [2.75, 3.05) is 0 Å². The Labute approximate surface area is 195 Å². The lowest BCUT2D eigenvalue weighted by Crippen LogP contribution is -1.98. The molecule has 0 amide bonds. The van der Waals surface area contributed by atoms with Crippen molar-refractivity contribution in [3.8, 4) is 6.07 Å². The molecule has 3 aromatic carbocycles. The molecular formula is C27H20ClFN2O2. The number of nitriles is 1. The zero-order valence-electron chi connectivity index (χ0n) is 17.6. The Morgan fingerprint density at radius 2 is 1.76 bits per heavy atom. The Balaban J connectivity index is 1.63. The van der Waals surface area contributed by atoms with E-state index in [1.807, 2.05) is 30.5 Å². The van der Waals surface area contributed by atoms with Gasteiger partial charge < -0.3 is 9.67 Å². The van der Waals surface area contributed by atoms with Crippen LogP contribution < -0.4 is 0 Å². The number of halogens is 2. The Kier molecular flexibility index (Phi) is 6.58. The molecule has 0 saturated carbocycles. The smallest absolute Gasteiger partial charge is 0.335 e. The highest BCUT2D eigenvalue weighted by atomic mass is 35.5. The lowest BCUT2D eigenvalue weighted by Gasteiger charge is -2.06. The molecule has 4 rings (SSSR count). The van der Waals surface area contributed by atoms with Gasteiger partial charge in [-0.3, -0.25) is 0 Å². The molecule has 0 aliphatic heterocycles. The first kappa shape index (κ1) is 22.3. The van der Waals surface area contributed by atoms with E-state index < -0.39 is 5.97 Å². The molecule has 0 fully saturated rings. The van der Waals surface area contributed by atoms with E-state index in [2.05, 4.69) is 10.6 Å². The van der Waals surface area contributed by atoms with Crippen LogP contribution in [-0.2, 0) is 13.0 Å². The van der Waals surface area contributed by atoms with Crippen LogP contribution in [-0.4, -0.2) is 15.6 Å². The fraction of sp³-hybridized carbons (Fsp3) is 0.111. The van der Waals surface area contributed by atoms with E-state index in [9.17, 15) is 14.4 Å². The molecule has 0 bridgehead atoms. The van der Waals surface area contributed by atoms with E-state index >= 15 is 0 Å². The summed E-state index contributed by atoms with van der Waals surface area (Å²) in [7, 11) is 0. The number of nitrogens with zero attached hydrogens (tertiary/aromatic N) is 2. The molecule has 4 nitrogen and oxygen atoms in total. The summed E-state index contributed by atoms with van der Waals surface area (Å²) in [6, 6.07) is 20.6. The van der Waals surface area contributed by atoms with E-state index in [0.29, 0.717) is 16.2 Å². The van der Waals surface area contributed by atoms with E-state index in [4.69, 9.17) is 16.7 Å². The lowest BCUT2D eigenvalue weighted by molar-refractivity contribution is 0.0697. The van der Waals surface area contributed by atoms with Gasteiger partial charge >= 0.3 is 5.97 Å². The average Bonchev–Trinajstić information content (AvgIpc) is 3.15. The van der Waals surface area contributed by atoms with Gasteiger partial charge in [-0.1, -0.05) is 41.9 Å². The third-order valence-corrected chi connectivity index (χ3v) is 5.75. The number of carboxylic acids is 1. The Morgan fingerprint density at radius 3 is 2.42 bits per heavy atom. The molecule has 0 atom stereocenters. The van der Waals surface area contributed by atoms with Gasteiger partial charge in [0.1, 0.15) is 5.82 Å². The lowest BCUT2D eigenvalue weighted by atomic mass is 10.0. The molecule has 0 spiro atoms. The van der Waals surface area contributed by atoms with Gasteiger partial charge in [0.2, 0.25) is 0 Å². The number of rotatable bonds is 7. The SMILES string of the molecule is N#C/C(=C\c1cn(CCCc2ccc(F)cc2)c2cc(Cl)ccc12)c1ccc(C(=O)O)cc1. The van der Waals surface area contributed by atoms with Crippen LogP contribution in [0.1, 0.15) is 33.5 Å². The predicted octanol–water partition coefficient (Wildman–Crippen LogP) is 6.83. The van der Waals surface area contributed by atoms with Crippen LogP contribution in [0, 0.1) is 17.1 Å². The van der Waals surface area contributed by atoms with Crippen molar-refractivity contribution in [1.29, 1.82) is 5.26 Å². The van der Waals surface area contributed by atoms with Crippen LogP contribution >= 0.6 is 11.6 Å². The van der Waals surface area contributed by atoms with Gasteiger partial charge in [0.05, 0.1) is 22.7 Å². The number of fused-ring (bicyclic) bond motifs is 1. The van der Waals surface area contributed by atoms with Gasteiger partial charge in [-0.05, 0) is 66.4 Å². The molecule has 0 unspecified atom stereocenters. The Morgan fingerprint density at radius 1 is 1.06 bits per heavy atom. The maximum atomic E-state index is 13.1. The molecule has 1 N–H and O–H groups in total. The maximum Gasteiger partial charge on any atom is 0.335 e. The van der Waals surface area contributed by atoms with E-state index in [1.165, 1.54) is 24.3 Å². The average molecular weight is 459 g/mol. The van der Waals surface area contributed by atoms with E-state index in [1.54, 1.807) is 24.3 Å². The van der Waals surface area contributed by atoms with Crippen LogP contribution in [0.4, 0.5) is 4.39 Å². The van der Waals surface area contributed by atoms with E-state index in [0.717, 1.165) is 41.4 Å². The minimum Gasteiger partial charge on any atom is -0.478 e. The summed E-state index contributed by atoms with van der Waals surface area (Å²) in [5.41, 5.74) is 4.17. The van der Waals surface area contributed by atoms with Crippen molar-refractivity contribution >= 4 is 40.1 Å². The van der Waals surface area contributed by atoms with Gasteiger partial charge in [0, 0.05) is 28.7 Å². The molecule has 0 saturated heterocycles. The fourth-order valence-corrected chi connectivity index (χ4v) is 3.99. The first-order valence-corrected chi connectivity index (χ1v) is 10.8. The predicted molar refractivity (Wildman–Crippen MR) is 129 cm³/mol. The third kappa shape index (κ3) is 5.14. The van der Waals surface area contributed by atoms with Crippen molar-refractivity contribution in [1.82, 2.24) is 4.57 Å². The highest BCUT2D eigenvalue weighted by Gasteiger charge is 2.11. The van der Waals surface area contributed by atoms with Crippen LogP contribution in [0.2, 0.25) is 5.02 Å². The fourth-order valence-electron chi connectivity index (χ4n) is 3.83. The number of carbonyl (C=O) groups is 1. The van der Waals surface area contributed by atoms with Crippen LogP contribution in [0.25, 0.3) is 22.6 Å². The minimum absolute atomic E-state index is 0.170. The summed E-state index contributed by atoms with van der Waals surface area (Å²) < 4.78 is 15.2. The zero-order chi connectivity index (χ0) is 23.4. The van der Waals surface area contributed by atoms with Crippen molar-refractivity contribution < 1.29 is 14.3 Å². The monoisotopic (exact) mass is 458 g/mol. The number of benzene rings is 3. The first-order chi connectivity index (χ1) is 15.9. The van der Waals surface area contributed by atoms with Gasteiger partial charge in [-0.25, -0.2) is 9.18 Å². The molecule has 0 aliphatic rings. The second-order valence-corrected chi connectivity index (χ2v) is 8.16. The van der Waals surface area contributed by atoms with Crippen molar-refractivity contribution in [2.45, 2.75) is 19.4 Å². The summed E-state index contributed by atoms with van der Waals surface area (Å²) in [5.74, 6) is -1.25. The number of aromatic nitrogens is 1. The zero-order valence-corrected chi connectivity index (χ0v) is 18.4. The van der Waals surface area contributed by atoms with Crippen LogP contribution in [0.3, 0.4) is 0 Å². The van der Waals surface area contributed by atoms with Crippen molar-refractivity contribution in [2.24, 2.45) is 0 Å². The van der Waals surface area contributed by atoms with Gasteiger partial charge in [-0.15, -0.1) is 0 Å². The molecule has 164 valence electrons. The Hall–Kier alpha value is -3.88. The maximum absolute atomic E-state index is 13.1. The van der Waals surface area contributed by atoms with Crippen LogP contribution in [0.15, 0.2) is 72.9 Å². The first-order valence-electron chi connectivity index (χ1n) is 10.4. The molecule has 0 radical (unpaired) electrons. The number of hydrogen-bond acceptors (Lipinski definition) is 2. The summed E-state index contributed by atoms with van der Waals surface area (Å²) in [5, 5.41) is 20.4.